The smallest absolute Gasteiger partial charge is 0.322 e. The Morgan fingerprint density at radius 3 is 2.54 bits per heavy atom. The van der Waals surface area contributed by atoms with Crippen LogP contribution in [0.15, 0.2) is 65.1 Å². The third-order valence-electron chi connectivity index (χ3n) is 3.43. The zero-order chi connectivity index (χ0) is 18.4. The van der Waals surface area contributed by atoms with Crippen LogP contribution in [-0.2, 0) is 11.2 Å². The number of rotatable bonds is 6. The molecule has 8 nitrogen and oxygen atoms in total. The molecule has 2 aromatic carbocycles. The van der Waals surface area contributed by atoms with Crippen molar-refractivity contribution in [2.45, 2.75) is 6.42 Å². The molecule has 0 spiro atoms. The van der Waals surface area contributed by atoms with Crippen molar-refractivity contribution in [3.8, 4) is 0 Å². The van der Waals surface area contributed by atoms with Gasteiger partial charge in [0, 0.05) is 18.2 Å². The van der Waals surface area contributed by atoms with Crippen molar-refractivity contribution in [1.29, 1.82) is 0 Å². The first kappa shape index (κ1) is 17.0. The van der Waals surface area contributed by atoms with Gasteiger partial charge in [-0.2, -0.15) is 0 Å². The van der Waals surface area contributed by atoms with Gasteiger partial charge in [-0.05, 0) is 29.3 Å². The molecule has 0 unspecified atom stereocenters. The van der Waals surface area contributed by atoms with Gasteiger partial charge in [0.15, 0.2) is 0 Å². The lowest BCUT2D eigenvalue weighted by Gasteiger charge is -1.96. The minimum Gasteiger partial charge on any atom is -0.407 e. The van der Waals surface area contributed by atoms with Crippen molar-refractivity contribution < 1.29 is 14.1 Å². The van der Waals surface area contributed by atoms with E-state index in [-0.39, 0.29) is 11.7 Å². The van der Waals surface area contributed by atoms with E-state index in [1.807, 2.05) is 30.3 Å². The molecule has 26 heavy (non-hydrogen) atoms. The molecule has 0 bridgehead atoms. The highest BCUT2D eigenvalue weighted by Gasteiger charge is 2.09. The van der Waals surface area contributed by atoms with Crippen LogP contribution in [0.3, 0.4) is 0 Å². The number of nitro benzene ring substituents is 1. The van der Waals surface area contributed by atoms with Crippen LogP contribution >= 0.6 is 0 Å². The van der Waals surface area contributed by atoms with Crippen LogP contribution in [0.25, 0.3) is 6.08 Å². The summed E-state index contributed by atoms with van der Waals surface area (Å²) in [6, 6.07) is 15.5. The minimum absolute atomic E-state index is 0.00859. The fourth-order valence-electron chi connectivity index (χ4n) is 2.17. The van der Waals surface area contributed by atoms with E-state index < -0.39 is 10.8 Å². The van der Waals surface area contributed by atoms with Gasteiger partial charge in [0.05, 0.1) is 11.3 Å². The first-order valence-electron chi connectivity index (χ1n) is 7.70. The van der Waals surface area contributed by atoms with Crippen LogP contribution in [0.4, 0.5) is 11.7 Å². The lowest BCUT2D eigenvalue weighted by molar-refractivity contribution is -0.384. The molecule has 0 aliphatic heterocycles. The number of nitro groups is 1. The Morgan fingerprint density at radius 1 is 1.12 bits per heavy atom. The minimum atomic E-state index is -0.483. The molecule has 1 N–H and O–H groups in total. The second kappa shape index (κ2) is 7.84. The zero-order valence-electron chi connectivity index (χ0n) is 13.5. The molecule has 0 fully saturated rings. The SMILES string of the molecule is O=C(/C=C\c1ccc([N+](=O)[O-])cc1)Nc1nnc(Cc2ccccc2)o1. The van der Waals surface area contributed by atoms with Crippen molar-refractivity contribution in [3.63, 3.8) is 0 Å². The molecular weight excluding hydrogens is 336 g/mol. The van der Waals surface area contributed by atoms with E-state index in [0.29, 0.717) is 17.9 Å². The average molecular weight is 350 g/mol. The summed E-state index contributed by atoms with van der Waals surface area (Å²) in [5.74, 6) is -0.0517. The first-order valence-corrected chi connectivity index (χ1v) is 7.70. The van der Waals surface area contributed by atoms with Gasteiger partial charge in [0.2, 0.25) is 5.89 Å². The molecule has 0 atom stereocenters. The fourth-order valence-corrected chi connectivity index (χ4v) is 2.17. The Balaban J connectivity index is 1.57. The maximum absolute atomic E-state index is 11.9. The van der Waals surface area contributed by atoms with E-state index in [4.69, 9.17) is 4.42 Å². The summed E-state index contributed by atoms with van der Waals surface area (Å²) in [4.78, 5) is 22.0. The third-order valence-corrected chi connectivity index (χ3v) is 3.43. The van der Waals surface area contributed by atoms with Gasteiger partial charge in [-0.25, -0.2) is 0 Å². The molecule has 0 saturated heterocycles. The van der Waals surface area contributed by atoms with Gasteiger partial charge in [-0.3, -0.25) is 20.2 Å². The van der Waals surface area contributed by atoms with Gasteiger partial charge in [0.25, 0.3) is 11.6 Å². The molecule has 0 radical (unpaired) electrons. The normalized spacial score (nSPS) is 10.8. The number of hydrogen-bond acceptors (Lipinski definition) is 6. The van der Waals surface area contributed by atoms with Gasteiger partial charge >= 0.3 is 6.01 Å². The molecule has 0 aliphatic rings. The lowest BCUT2D eigenvalue weighted by Crippen LogP contribution is -2.07. The Morgan fingerprint density at radius 2 is 1.85 bits per heavy atom. The van der Waals surface area contributed by atoms with Gasteiger partial charge in [0.1, 0.15) is 0 Å². The Labute approximate surface area is 148 Å². The molecule has 3 aromatic rings. The first-order chi connectivity index (χ1) is 12.6. The molecule has 1 aromatic heterocycles. The van der Waals surface area contributed by atoms with E-state index in [0.717, 1.165) is 5.56 Å². The third kappa shape index (κ3) is 4.60. The Hall–Kier alpha value is -3.81. The highest BCUT2D eigenvalue weighted by Crippen LogP contribution is 2.13. The molecule has 130 valence electrons. The summed E-state index contributed by atoms with van der Waals surface area (Å²) in [7, 11) is 0. The van der Waals surface area contributed by atoms with Crippen molar-refractivity contribution >= 4 is 23.7 Å². The van der Waals surface area contributed by atoms with Crippen LogP contribution < -0.4 is 5.32 Å². The number of non-ortho nitro benzene ring substituents is 1. The standard InChI is InChI=1S/C18H14N4O4/c23-16(11-8-13-6-9-15(10-7-13)22(24)25)19-18-21-20-17(26-18)12-14-4-2-1-3-5-14/h1-11H,12H2,(H,19,21,23)/b11-8-. The number of carbonyl (C=O) groups excluding carboxylic acids is 1. The number of benzene rings is 2. The van der Waals surface area contributed by atoms with Crippen LogP contribution in [-0.4, -0.2) is 21.0 Å². The van der Waals surface area contributed by atoms with Crippen LogP contribution in [0.2, 0.25) is 0 Å². The van der Waals surface area contributed by atoms with Crippen molar-refractivity contribution in [1.82, 2.24) is 10.2 Å². The molecule has 0 aliphatic carbocycles. The van der Waals surface area contributed by atoms with E-state index in [1.54, 1.807) is 12.1 Å². The van der Waals surface area contributed by atoms with Gasteiger partial charge < -0.3 is 4.42 Å². The zero-order valence-corrected chi connectivity index (χ0v) is 13.5. The number of hydrogen-bond donors (Lipinski definition) is 1. The quantitative estimate of drug-likeness (QED) is 0.415. The monoisotopic (exact) mass is 350 g/mol. The summed E-state index contributed by atoms with van der Waals surface area (Å²) in [5.41, 5.74) is 1.66. The number of carbonyl (C=O) groups is 1. The lowest BCUT2D eigenvalue weighted by atomic mass is 10.2. The number of nitrogens with one attached hydrogen (secondary N) is 1. The maximum Gasteiger partial charge on any atom is 0.322 e. The van der Waals surface area contributed by atoms with Crippen LogP contribution in [0.5, 0.6) is 0 Å². The van der Waals surface area contributed by atoms with Crippen LogP contribution in [0.1, 0.15) is 17.0 Å². The summed E-state index contributed by atoms with van der Waals surface area (Å²) in [5, 5.41) is 20.7. The largest absolute Gasteiger partial charge is 0.407 e. The molecule has 1 heterocycles. The number of anilines is 1. The highest BCUT2D eigenvalue weighted by atomic mass is 16.6. The number of nitrogens with zero attached hydrogens (tertiary/aromatic N) is 3. The molecule has 8 heteroatoms. The Kier molecular flexibility index (Phi) is 5.14. The average Bonchev–Trinajstić information content (AvgIpc) is 3.08. The topological polar surface area (TPSA) is 111 Å². The van der Waals surface area contributed by atoms with E-state index in [9.17, 15) is 14.9 Å². The number of aromatic nitrogens is 2. The predicted octanol–water partition coefficient (Wildman–Crippen LogP) is 3.22. The summed E-state index contributed by atoms with van der Waals surface area (Å²) in [6.45, 7) is 0. The van der Waals surface area contributed by atoms with Crippen LogP contribution in [0, 0.1) is 10.1 Å². The summed E-state index contributed by atoms with van der Waals surface area (Å²) >= 11 is 0. The second-order valence-electron chi connectivity index (χ2n) is 5.33. The summed E-state index contributed by atoms with van der Waals surface area (Å²) in [6.07, 6.45) is 3.28. The van der Waals surface area contributed by atoms with Crippen molar-refractivity contribution in [2.75, 3.05) is 5.32 Å². The fraction of sp³-hybridized carbons (Fsp3) is 0.0556. The van der Waals surface area contributed by atoms with E-state index in [2.05, 4.69) is 15.5 Å². The molecule has 3 rings (SSSR count). The predicted molar refractivity (Wildman–Crippen MR) is 94.3 cm³/mol. The summed E-state index contributed by atoms with van der Waals surface area (Å²) < 4.78 is 5.39. The molecule has 0 saturated carbocycles. The number of amides is 1. The van der Waals surface area contributed by atoms with E-state index >= 15 is 0 Å². The molecular formula is C18H14N4O4. The van der Waals surface area contributed by atoms with Crippen molar-refractivity contribution in [2.24, 2.45) is 0 Å². The van der Waals surface area contributed by atoms with E-state index in [1.165, 1.54) is 24.3 Å². The second-order valence-corrected chi connectivity index (χ2v) is 5.33. The molecule has 1 amide bonds. The maximum atomic E-state index is 11.9. The highest BCUT2D eigenvalue weighted by molar-refractivity contribution is 6.00. The van der Waals surface area contributed by atoms with Gasteiger partial charge in [-0.1, -0.05) is 35.4 Å². The Bertz CT molecular complexity index is 933. The van der Waals surface area contributed by atoms with Gasteiger partial charge in [-0.15, -0.1) is 5.10 Å². The van der Waals surface area contributed by atoms with Crippen molar-refractivity contribution in [3.05, 3.63) is 87.8 Å².